The number of aromatic nitrogens is 3. The molecule has 0 bridgehead atoms. The molecule has 3 heterocycles. The summed E-state index contributed by atoms with van der Waals surface area (Å²) in [5.41, 5.74) is 2.79. The topological polar surface area (TPSA) is 133 Å². The first-order chi connectivity index (χ1) is 21.3. The van der Waals surface area contributed by atoms with Gasteiger partial charge in [0.05, 0.1) is 25.6 Å². The van der Waals surface area contributed by atoms with E-state index in [1.807, 2.05) is 13.0 Å². The van der Waals surface area contributed by atoms with Gasteiger partial charge in [-0.15, -0.1) is 0 Å². The van der Waals surface area contributed by atoms with Crippen molar-refractivity contribution in [2.45, 2.75) is 32.2 Å². The summed E-state index contributed by atoms with van der Waals surface area (Å²) in [5, 5.41) is 18.6. The fraction of sp³-hybridized carbons (Fsp3) is 0.355. The Balaban J connectivity index is 1.24. The lowest BCUT2D eigenvalue weighted by molar-refractivity contribution is -0.132. The summed E-state index contributed by atoms with van der Waals surface area (Å²) in [6.45, 7) is 4.03. The molecule has 1 atom stereocenters. The zero-order chi connectivity index (χ0) is 31.2. The molecule has 44 heavy (non-hydrogen) atoms. The highest BCUT2D eigenvalue weighted by Gasteiger charge is 2.23. The Morgan fingerprint density at radius 1 is 1.18 bits per heavy atom. The average molecular weight is 608 g/mol. The quantitative estimate of drug-likeness (QED) is 0.191. The number of anilines is 2. The molecule has 11 nitrogen and oxygen atoms in total. The van der Waals surface area contributed by atoms with Crippen molar-refractivity contribution in [1.29, 1.82) is 0 Å². The number of hydrogen-bond donors (Lipinski definition) is 4. The summed E-state index contributed by atoms with van der Waals surface area (Å²) >= 11 is 0. The largest absolute Gasteiger partial charge is 0.494 e. The van der Waals surface area contributed by atoms with E-state index in [0.29, 0.717) is 73.9 Å². The first kappa shape index (κ1) is 30.8. The molecule has 4 N–H and O–H groups in total. The lowest BCUT2D eigenvalue weighted by Gasteiger charge is -2.32. The van der Waals surface area contributed by atoms with E-state index in [9.17, 15) is 23.5 Å². The van der Waals surface area contributed by atoms with E-state index in [1.54, 1.807) is 27.6 Å². The lowest BCUT2D eigenvalue weighted by Crippen LogP contribution is -2.54. The zero-order valence-corrected chi connectivity index (χ0v) is 24.6. The van der Waals surface area contributed by atoms with Crippen molar-refractivity contribution in [3.63, 3.8) is 0 Å². The highest BCUT2D eigenvalue weighted by molar-refractivity contribution is 5.96. The molecule has 0 radical (unpaired) electrons. The molecular weight excluding hydrogens is 572 g/mol. The number of piperazine rings is 1. The number of nitrogens with zero attached hydrogens (tertiary/aromatic N) is 4. The molecule has 2 aromatic heterocycles. The highest BCUT2D eigenvalue weighted by Crippen LogP contribution is 2.31. The summed E-state index contributed by atoms with van der Waals surface area (Å²) in [6.07, 6.45) is 6.00. The van der Waals surface area contributed by atoms with Gasteiger partial charge in [-0.2, -0.15) is 4.39 Å². The third-order valence-corrected chi connectivity index (χ3v) is 7.65. The van der Waals surface area contributed by atoms with Crippen LogP contribution < -0.4 is 20.7 Å². The molecule has 1 aliphatic rings. The fourth-order valence-corrected chi connectivity index (χ4v) is 5.29. The minimum Gasteiger partial charge on any atom is -0.494 e. The van der Waals surface area contributed by atoms with E-state index in [0.717, 1.165) is 5.56 Å². The monoisotopic (exact) mass is 607 g/mol. The van der Waals surface area contributed by atoms with Gasteiger partial charge in [0.25, 0.3) is 5.91 Å². The van der Waals surface area contributed by atoms with Crippen LogP contribution in [0.3, 0.4) is 0 Å². The Morgan fingerprint density at radius 2 is 2.02 bits per heavy atom. The molecule has 1 fully saturated rings. The van der Waals surface area contributed by atoms with Crippen LogP contribution in [0.5, 0.6) is 5.75 Å². The van der Waals surface area contributed by atoms with Crippen molar-refractivity contribution in [2.75, 3.05) is 45.2 Å². The summed E-state index contributed by atoms with van der Waals surface area (Å²) in [5.74, 6) is -2.13. The van der Waals surface area contributed by atoms with Gasteiger partial charge < -0.3 is 30.7 Å². The molecule has 1 saturated heterocycles. The van der Waals surface area contributed by atoms with Gasteiger partial charge >= 0.3 is 0 Å². The SMILES string of the molecule is CCc1cc(Nc2nccn3c(-c4ccc(OC)c(F)c4F)cnc23)ccc1C(=O)NCCCC(=O)N1CCN[C@H](CO)C1. The third-order valence-electron chi connectivity index (χ3n) is 7.65. The number of aliphatic hydroxyl groups excluding tert-OH is 1. The van der Waals surface area contributed by atoms with Crippen LogP contribution >= 0.6 is 0 Å². The van der Waals surface area contributed by atoms with Crippen LogP contribution in [0.1, 0.15) is 35.7 Å². The molecule has 4 aromatic rings. The maximum atomic E-state index is 14.8. The second-order valence-corrected chi connectivity index (χ2v) is 10.4. The molecule has 5 rings (SSSR count). The van der Waals surface area contributed by atoms with E-state index < -0.39 is 11.6 Å². The number of fused-ring (bicyclic) bond motifs is 1. The lowest BCUT2D eigenvalue weighted by atomic mass is 10.0. The predicted octanol–water partition coefficient (Wildman–Crippen LogP) is 3.29. The van der Waals surface area contributed by atoms with E-state index >= 15 is 0 Å². The number of aryl methyl sites for hydroxylation is 1. The van der Waals surface area contributed by atoms with Crippen LogP contribution in [0, 0.1) is 11.6 Å². The van der Waals surface area contributed by atoms with Gasteiger partial charge in [0.1, 0.15) is 0 Å². The molecule has 1 aliphatic heterocycles. The fourth-order valence-electron chi connectivity index (χ4n) is 5.29. The zero-order valence-electron chi connectivity index (χ0n) is 24.6. The minimum absolute atomic E-state index is 0.0124. The number of rotatable bonds is 11. The van der Waals surface area contributed by atoms with Crippen molar-refractivity contribution < 1.29 is 28.2 Å². The Hall–Kier alpha value is -4.62. The number of amides is 2. The Bertz CT molecular complexity index is 1660. The third kappa shape index (κ3) is 6.48. The van der Waals surface area contributed by atoms with E-state index in [4.69, 9.17) is 4.74 Å². The van der Waals surface area contributed by atoms with Crippen molar-refractivity contribution in [1.82, 2.24) is 29.9 Å². The van der Waals surface area contributed by atoms with Crippen molar-refractivity contribution >= 4 is 29.0 Å². The first-order valence-electron chi connectivity index (χ1n) is 14.5. The van der Waals surface area contributed by atoms with Crippen molar-refractivity contribution in [3.8, 4) is 17.0 Å². The number of carbonyl (C=O) groups excluding carboxylic acids is 2. The number of nitrogens with one attached hydrogen (secondary N) is 3. The van der Waals surface area contributed by atoms with Gasteiger partial charge in [-0.25, -0.2) is 14.4 Å². The molecule has 232 valence electrons. The Labute approximate surface area is 253 Å². The normalized spacial score (nSPS) is 14.9. The van der Waals surface area contributed by atoms with Crippen LogP contribution in [0.4, 0.5) is 20.3 Å². The molecule has 2 aromatic carbocycles. The molecule has 0 spiro atoms. The number of benzene rings is 2. The van der Waals surface area contributed by atoms with Crippen LogP contribution in [0.2, 0.25) is 0 Å². The molecule has 13 heteroatoms. The van der Waals surface area contributed by atoms with Gasteiger partial charge in [-0.1, -0.05) is 6.92 Å². The molecule has 2 amide bonds. The van der Waals surface area contributed by atoms with E-state index in [2.05, 4.69) is 25.9 Å². The van der Waals surface area contributed by atoms with Crippen molar-refractivity contribution in [3.05, 3.63) is 71.7 Å². The minimum atomic E-state index is -1.08. The predicted molar refractivity (Wildman–Crippen MR) is 161 cm³/mol. The van der Waals surface area contributed by atoms with E-state index in [1.165, 1.54) is 31.6 Å². The van der Waals surface area contributed by atoms with Crippen LogP contribution in [0.25, 0.3) is 16.9 Å². The number of imidazole rings is 1. The molecular formula is C31H35F2N7O4. The Kier molecular flexibility index (Phi) is 9.65. The highest BCUT2D eigenvalue weighted by atomic mass is 19.2. The smallest absolute Gasteiger partial charge is 0.251 e. The van der Waals surface area contributed by atoms with Gasteiger partial charge in [0, 0.05) is 67.8 Å². The maximum Gasteiger partial charge on any atom is 0.251 e. The second kappa shape index (κ2) is 13.8. The molecule has 0 unspecified atom stereocenters. The maximum absolute atomic E-state index is 14.8. The van der Waals surface area contributed by atoms with Crippen LogP contribution in [-0.4, -0.2) is 82.1 Å². The van der Waals surface area contributed by atoms with Crippen LogP contribution in [0.15, 0.2) is 48.9 Å². The number of ether oxygens (including phenoxy) is 1. The standard InChI is InChI=1S/C31H35F2N7O4/c1-3-19-15-20(6-7-22(19)31(43)36-10-4-5-26(42)39-13-11-34-21(17-39)18-41)38-29-30-37-16-24(40(30)14-12-35-29)23-8-9-25(44-2)28(33)27(23)32/h6-9,12,14-16,21,34,41H,3-5,10-11,13,17-18H2,1-2H3,(H,35,38)(H,36,43)/t21-/m0/s1. The van der Waals surface area contributed by atoms with Gasteiger partial charge in [-0.3, -0.25) is 14.0 Å². The number of hydrogen-bond acceptors (Lipinski definition) is 8. The molecule has 0 saturated carbocycles. The van der Waals surface area contributed by atoms with Gasteiger partial charge in [-0.05, 0) is 48.7 Å². The number of halogens is 2. The van der Waals surface area contributed by atoms with Gasteiger partial charge in [0.2, 0.25) is 11.7 Å². The average Bonchev–Trinajstić information content (AvgIpc) is 3.49. The summed E-state index contributed by atoms with van der Waals surface area (Å²) in [4.78, 5) is 36.0. The number of carbonyl (C=O) groups is 2. The Morgan fingerprint density at radius 3 is 2.80 bits per heavy atom. The van der Waals surface area contributed by atoms with E-state index in [-0.39, 0.29) is 35.8 Å². The number of aliphatic hydroxyl groups is 1. The first-order valence-corrected chi connectivity index (χ1v) is 14.5. The van der Waals surface area contributed by atoms with Gasteiger partial charge in [0.15, 0.2) is 23.0 Å². The van der Waals surface area contributed by atoms with Crippen LogP contribution in [-0.2, 0) is 11.2 Å². The van der Waals surface area contributed by atoms with Crippen molar-refractivity contribution in [2.24, 2.45) is 0 Å². The summed E-state index contributed by atoms with van der Waals surface area (Å²) in [7, 11) is 1.27. The summed E-state index contributed by atoms with van der Waals surface area (Å²) < 4.78 is 35.7. The second-order valence-electron chi connectivity index (χ2n) is 10.4. The number of methoxy groups -OCH3 is 1. The molecule has 0 aliphatic carbocycles. The summed E-state index contributed by atoms with van der Waals surface area (Å²) in [6, 6.07) is 8.03.